The molecule has 8 heteroatoms. The molecule has 138 valence electrons. The van der Waals surface area contributed by atoms with Gasteiger partial charge in [-0.25, -0.2) is 4.98 Å². The van der Waals surface area contributed by atoms with Crippen molar-refractivity contribution in [3.63, 3.8) is 0 Å². The van der Waals surface area contributed by atoms with Crippen LogP contribution in [-0.4, -0.2) is 28.2 Å². The second-order valence-electron chi connectivity index (χ2n) is 6.50. The average Bonchev–Trinajstić information content (AvgIpc) is 2.61. The number of thiocarbonyl (C=S) groups is 1. The zero-order chi connectivity index (χ0) is 18.5. The molecule has 1 aliphatic heterocycles. The largest absolute Gasteiger partial charge is 0.358 e. The summed E-state index contributed by atoms with van der Waals surface area (Å²) in [5.41, 5.74) is 1.08. The lowest BCUT2D eigenvalue weighted by Gasteiger charge is -2.32. The fraction of sp³-hybridized carbons (Fsp3) is 0.389. The molecule has 1 saturated heterocycles. The van der Waals surface area contributed by atoms with Crippen molar-refractivity contribution in [1.29, 1.82) is 0 Å². The summed E-state index contributed by atoms with van der Waals surface area (Å²) in [6.45, 7) is 4.80. The first kappa shape index (κ1) is 19.1. The van der Waals surface area contributed by atoms with Gasteiger partial charge in [0.2, 0.25) is 5.95 Å². The summed E-state index contributed by atoms with van der Waals surface area (Å²) in [5.74, 6) is 1.88. The number of rotatable bonds is 4. The highest BCUT2D eigenvalue weighted by molar-refractivity contribution is 7.80. The summed E-state index contributed by atoms with van der Waals surface area (Å²) in [5, 5.41) is 7.70. The maximum atomic E-state index is 6.18. The smallest absolute Gasteiger partial charge is 0.232 e. The van der Waals surface area contributed by atoms with Gasteiger partial charge in [0, 0.05) is 30.7 Å². The number of hydrogen-bond donors (Lipinski definition) is 2. The predicted molar refractivity (Wildman–Crippen MR) is 112 cm³/mol. The molecule has 2 heterocycles. The zero-order valence-electron chi connectivity index (χ0n) is 14.5. The molecule has 1 aliphatic rings. The average molecular weight is 410 g/mol. The van der Waals surface area contributed by atoms with Crippen LogP contribution in [0.2, 0.25) is 10.2 Å². The van der Waals surface area contributed by atoms with Gasteiger partial charge >= 0.3 is 0 Å². The molecule has 0 bridgehead atoms. The van der Waals surface area contributed by atoms with Gasteiger partial charge in [-0.3, -0.25) is 0 Å². The summed E-state index contributed by atoms with van der Waals surface area (Å²) in [6, 6.07) is 9.39. The molecule has 2 aromatic rings. The molecule has 5 nitrogen and oxygen atoms in total. The zero-order valence-corrected chi connectivity index (χ0v) is 16.8. The molecule has 3 rings (SSSR count). The summed E-state index contributed by atoms with van der Waals surface area (Å²) < 4.78 is 0. The number of piperidine rings is 1. The second kappa shape index (κ2) is 8.84. The van der Waals surface area contributed by atoms with Crippen LogP contribution in [0.25, 0.3) is 0 Å². The van der Waals surface area contributed by atoms with Crippen molar-refractivity contribution in [2.75, 3.05) is 23.3 Å². The Kier molecular flexibility index (Phi) is 6.51. The lowest BCUT2D eigenvalue weighted by atomic mass is 10.0. The molecule has 1 unspecified atom stereocenters. The number of benzene rings is 1. The molecular formula is C18H21Cl2N5S. The third-order valence-electron chi connectivity index (χ3n) is 4.25. The lowest BCUT2D eigenvalue weighted by Crippen LogP contribution is -2.35. The number of hydrogen-bond acceptors (Lipinski definition) is 4. The van der Waals surface area contributed by atoms with Crippen LogP contribution < -0.4 is 15.5 Å². The van der Waals surface area contributed by atoms with Crippen LogP contribution in [-0.2, 0) is 6.54 Å². The molecule has 0 aliphatic carbocycles. The lowest BCUT2D eigenvalue weighted by molar-refractivity contribution is 0.444. The third kappa shape index (κ3) is 5.43. The molecule has 0 radical (unpaired) electrons. The molecule has 26 heavy (non-hydrogen) atoms. The molecule has 1 fully saturated rings. The molecule has 0 saturated carbocycles. The summed E-state index contributed by atoms with van der Waals surface area (Å²) in [4.78, 5) is 11.0. The van der Waals surface area contributed by atoms with Crippen LogP contribution in [0.5, 0.6) is 0 Å². The molecule has 1 atom stereocenters. The summed E-state index contributed by atoms with van der Waals surface area (Å²) in [7, 11) is 0. The highest BCUT2D eigenvalue weighted by atomic mass is 35.5. The third-order valence-corrected chi connectivity index (χ3v) is 4.95. The first-order chi connectivity index (χ1) is 12.5. The van der Waals surface area contributed by atoms with E-state index in [9.17, 15) is 0 Å². The number of aromatic nitrogens is 2. The highest BCUT2D eigenvalue weighted by Gasteiger charge is 2.19. The van der Waals surface area contributed by atoms with Gasteiger partial charge in [-0.15, -0.1) is 0 Å². The van der Waals surface area contributed by atoms with Gasteiger partial charge in [0.05, 0.1) is 0 Å². The number of nitrogens with zero attached hydrogens (tertiary/aromatic N) is 3. The fourth-order valence-electron chi connectivity index (χ4n) is 2.95. The Morgan fingerprint density at radius 1 is 1.27 bits per heavy atom. The van der Waals surface area contributed by atoms with E-state index in [1.165, 1.54) is 6.42 Å². The second-order valence-corrected chi connectivity index (χ2v) is 7.73. The van der Waals surface area contributed by atoms with E-state index < -0.39 is 0 Å². The Bertz CT molecular complexity index is 769. The number of nitrogens with one attached hydrogen (secondary N) is 2. The van der Waals surface area contributed by atoms with E-state index in [4.69, 9.17) is 35.4 Å². The van der Waals surface area contributed by atoms with E-state index in [-0.39, 0.29) is 0 Å². The molecule has 0 spiro atoms. The summed E-state index contributed by atoms with van der Waals surface area (Å²) in [6.07, 6.45) is 2.41. The first-order valence-electron chi connectivity index (χ1n) is 8.58. The molecule has 2 N–H and O–H groups in total. The standard InChI is InChI=1S/C18H21Cl2N5S/c1-12-3-2-8-25(11-12)16-9-15(20)22-17(23-16)24-18(26)21-10-13-4-6-14(19)7-5-13/h4-7,9,12H,2-3,8,10-11H2,1H3,(H2,21,22,23,24,26). The fourth-order valence-corrected chi connectivity index (χ4v) is 3.42. The van der Waals surface area contributed by atoms with Crippen molar-refractivity contribution in [1.82, 2.24) is 15.3 Å². The van der Waals surface area contributed by atoms with E-state index >= 15 is 0 Å². The maximum absolute atomic E-state index is 6.18. The van der Waals surface area contributed by atoms with Crippen LogP contribution in [0.4, 0.5) is 11.8 Å². The van der Waals surface area contributed by atoms with Crippen molar-refractivity contribution < 1.29 is 0 Å². The Labute approximate surface area is 169 Å². The van der Waals surface area contributed by atoms with Crippen LogP contribution in [0.1, 0.15) is 25.3 Å². The van der Waals surface area contributed by atoms with Gasteiger partial charge < -0.3 is 15.5 Å². The normalized spacial score (nSPS) is 17.0. The Morgan fingerprint density at radius 2 is 2.04 bits per heavy atom. The van der Waals surface area contributed by atoms with Crippen molar-refractivity contribution in [3.05, 3.63) is 46.1 Å². The van der Waals surface area contributed by atoms with Gasteiger partial charge in [-0.2, -0.15) is 4.98 Å². The Morgan fingerprint density at radius 3 is 2.77 bits per heavy atom. The monoisotopic (exact) mass is 409 g/mol. The van der Waals surface area contributed by atoms with Crippen molar-refractivity contribution in [3.8, 4) is 0 Å². The molecular weight excluding hydrogens is 389 g/mol. The Balaban J connectivity index is 1.61. The molecule has 1 aromatic heterocycles. The van der Waals surface area contributed by atoms with Gasteiger partial charge in [0.1, 0.15) is 11.0 Å². The minimum Gasteiger partial charge on any atom is -0.358 e. The van der Waals surface area contributed by atoms with E-state index in [0.29, 0.717) is 33.7 Å². The van der Waals surface area contributed by atoms with Gasteiger partial charge in [0.25, 0.3) is 0 Å². The predicted octanol–water partition coefficient (Wildman–Crippen LogP) is 4.51. The maximum Gasteiger partial charge on any atom is 0.232 e. The van der Waals surface area contributed by atoms with Crippen LogP contribution in [0.3, 0.4) is 0 Å². The molecule has 1 aromatic carbocycles. The highest BCUT2D eigenvalue weighted by Crippen LogP contribution is 2.24. The first-order valence-corrected chi connectivity index (χ1v) is 9.75. The minimum atomic E-state index is 0.399. The van der Waals surface area contributed by atoms with Crippen LogP contribution >= 0.6 is 35.4 Å². The SMILES string of the molecule is CC1CCCN(c2cc(Cl)nc(NC(=S)NCc3ccc(Cl)cc3)n2)C1. The van der Waals surface area contributed by atoms with Crippen LogP contribution in [0.15, 0.2) is 30.3 Å². The minimum absolute atomic E-state index is 0.399. The topological polar surface area (TPSA) is 53.1 Å². The number of anilines is 2. The van der Waals surface area contributed by atoms with Crippen molar-refractivity contribution in [2.24, 2.45) is 5.92 Å². The quantitative estimate of drug-likeness (QED) is 0.572. The van der Waals surface area contributed by atoms with Crippen molar-refractivity contribution >= 4 is 52.3 Å². The van der Waals surface area contributed by atoms with Gasteiger partial charge in [-0.05, 0) is 48.7 Å². The van der Waals surface area contributed by atoms with Gasteiger partial charge in [-0.1, -0.05) is 42.3 Å². The van der Waals surface area contributed by atoms with E-state index in [1.807, 2.05) is 24.3 Å². The van der Waals surface area contributed by atoms with E-state index in [1.54, 1.807) is 6.07 Å². The van der Waals surface area contributed by atoms with Crippen molar-refractivity contribution in [2.45, 2.75) is 26.3 Å². The van der Waals surface area contributed by atoms with Crippen LogP contribution in [0, 0.1) is 5.92 Å². The summed E-state index contributed by atoms with van der Waals surface area (Å²) >= 11 is 17.4. The van der Waals surface area contributed by atoms with E-state index in [2.05, 4.69) is 32.4 Å². The Hall–Kier alpha value is -1.63. The van der Waals surface area contributed by atoms with E-state index in [0.717, 1.165) is 30.9 Å². The van der Waals surface area contributed by atoms with Gasteiger partial charge in [0.15, 0.2) is 5.11 Å². The molecule has 0 amide bonds. The number of halogens is 2.